The van der Waals surface area contributed by atoms with Crippen LogP contribution >= 0.6 is 12.4 Å². The zero-order valence-corrected chi connectivity index (χ0v) is 15.6. The third kappa shape index (κ3) is 5.76. The van der Waals surface area contributed by atoms with Gasteiger partial charge in [0.15, 0.2) is 11.5 Å². The van der Waals surface area contributed by atoms with Crippen LogP contribution in [0.3, 0.4) is 0 Å². The summed E-state index contributed by atoms with van der Waals surface area (Å²) in [6, 6.07) is 5.49. The van der Waals surface area contributed by atoms with E-state index in [1.54, 1.807) is 0 Å². The lowest BCUT2D eigenvalue weighted by Gasteiger charge is -2.31. The summed E-state index contributed by atoms with van der Waals surface area (Å²) in [6.07, 6.45) is 4.27. The summed E-state index contributed by atoms with van der Waals surface area (Å²) in [5.74, 6) is 2.30. The Labute approximate surface area is 155 Å². The molecule has 0 atom stereocenters. The fourth-order valence-electron chi connectivity index (χ4n) is 3.30. The Morgan fingerprint density at radius 1 is 1.24 bits per heavy atom. The highest BCUT2D eigenvalue weighted by Gasteiger charge is 2.19. The van der Waals surface area contributed by atoms with Gasteiger partial charge in [-0.05, 0) is 64.0 Å². The molecule has 2 heterocycles. The molecular weight excluding hydrogens is 342 g/mol. The molecule has 1 aromatic rings. The number of anilines is 1. The van der Waals surface area contributed by atoms with Gasteiger partial charge in [0.25, 0.3) is 0 Å². The minimum atomic E-state index is 0. The second-order valence-electron chi connectivity index (χ2n) is 6.54. The number of ether oxygens (including phenoxy) is 2. The largest absolute Gasteiger partial charge is 0.454 e. The molecule has 7 heteroatoms. The van der Waals surface area contributed by atoms with Gasteiger partial charge < -0.3 is 25.0 Å². The van der Waals surface area contributed by atoms with Crippen molar-refractivity contribution >= 4 is 24.0 Å². The van der Waals surface area contributed by atoms with Gasteiger partial charge >= 0.3 is 0 Å². The van der Waals surface area contributed by atoms with Crippen molar-refractivity contribution in [1.29, 1.82) is 0 Å². The molecule has 1 amide bonds. The van der Waals surface area contributed by atoms with Crippen molar-refractivity contribution < 1.29 is 14.3 Å². The standard InChI is InChI=1S/C18H27N3O3.ClH/c1-19-8-4-14-5-9-21(10-6-14)11-7-18(22)20-15-2-3-16-17(12-15)24-13-23-16;/h2-3,12,14,19H,4-11,13H2,1H3,(H,20,22);1H. The van der Waals surface area contributed by atoms with Crippen molar-refractivity contribution in [3.8, 4) is 11.5 Å². The maximum atomic E-state index is 12.1. The molecule has 0 saturated carbocycles. The van der Waals surface area contributed by atoms with Gasteiger partial charge in [0.1, 0.15) is 0 Å². The number of nitrogens with one attached hydrogen (secondary N) is 2. The van der Waals surface area contributed by atoms with Crippen LogP contribution in [-0.4, -0.2) is 50.8 Å². The second-order valence-corrected chi connectivity index (χ2v) is 6.54. The van der Waals surface area contributed by atoms with Crippen molar-refractivity contribution in [2.45, 2.75) is 25.7 Å². The molecule has 0 radical (unpaired) electrons. The van der Waals surface area contributed by atoms with E-state index in [2.05, 4.69) is 15.5 Å². The number of nitrogens with zero attached hydrogens (tertiary/aromatic N) is 1. The summed E-state index contributed by atoms with van der Waals surface area (Å²) in [5.41, 5.74) is 0.759. The fourth-order valence-corrected chi connectivity index (χ4v) is 3.30. The first kappa shape index (κ1) is 19.8. The molecule has 25 heavy (non-hydrogen) atoms. The van der Waals surface area contributed by atoms with Gasteiger partial charge in [0.05, 0.1) is 0 Å². The highest BCUT2D eigenvalue weighted by Crippen LogP contribution is 2.34. The van der Waals surface area contributed by atoms with Crippen LogP contribution in [0.1, 0.15) is 25.7 Å². The van der Waals surface area contributed by atoms with Crippen LogP contribution in [0.15, 0.2) is 18.2 Å². The van der Waals surface area contributed by atoms with E-state index in [1.807, 2.05) is 25.2 Å². The molecule has 0 bridgehead atoms. The lowest BCUT2D eigenvalue weighted by Crippen LogP contribution is -2.36. The number of rotatable bonds is 7. The smallest absolute Gasteiger partial charge is 0.231 e. The maximum Gasteiger partial charge on any atom is 0.231 e. The predicted octanol–water partition coefficient (Wildman–Crippen LogP) is 2.49. The quantitative estimate of drug-likeness (QED) is 0.773. The number of piperidine rings is 1. The van der Waals surface area contributed by atoms with Crippen LogP contribution in [0.25, 0.3) is 0 Å². The van der Waals surface area contributed by atoms with E-state index in [1.165, 1.54) is 19.3 Å². The van der Waals surface area contributed by atoms with Gasteiger partial charge in [-0.15, -0.1) is 12.4 Å². The Morgan fingerprint density at radius 2 is 2.00 bits per heavy atom. The highest BCUT2D eigenvalue weighted by atomic mass is 35.5. The van der Waals surface area contributed by atoms with Gasteiger partial charge in [0.2, 0.25) is 12.7 Å². The van der Waals surface area contributed by atoms with Gasteiger partial charge in [-0.2, -0.15) is 0 Å². The second kappa shape index (κ2) is 9.85. The number of carbonyl (C=O) groups excluding carboxylic acids is 1. The van der Waals surface area contributed by atoms with Crippen LogP contribution in [-0.2, 0) is 4.79 Å². The van der Waals surface area contributed by atoms with Gasteiger partial charge in [-0.3, -0.25) is 4.79 Å². The number of fused-ring (bicyclic) bond motifs is 1. The molecule has 2 aliphatic rings. The zero-order valence-electron chi connectivity index (χ0n) is 14.8. The minimum absolute atomic E-state index is 0. The van der Waals surface area contributed by atoms with Crippen molar-refractivity contribution in [2.75, 3.05) is 45.3 Å². The van der Waals surface area contributed by atoms with E-state index in [-0.39, 0.29) is 25.1 Å². The third-order valence-electron chi connectivity index (χ3n) is 4.82. The Balaban J connectivity index is 0.00000225. The Bertz CT molecular complexity index is 562. The average molecular weight is 370 g/mol. The van der Waals surface area contributed by atoms with E-state index in [4.69, 9.17) is 9.47 Å². The van der Waals surface area contributed by atoms with Gasteiger partial charge in [-0.25, -0.2) is 0 Å². The first-order chi connectivity index (χ1) is 11.7. The monoisotopic (exact) mass is 369 g/mol. The van der Waals surface area contributed by atoms with Crippen molar-refractivity contribution in [2.24, 2.45) is 5.92 Å². The van der Waals surface area contributed by atoms with E-state index >= 15 is 0 Å². The van der Waals surface area contributed by atoms with E-state index in [0.29, 0.717) is 12.2 Å². The summed E-state index contributed by atoms with van der Waals surface area (Å²) >= 11 is 0. The van der Waals surface area contributed by atoms with Gasteiger partial charge in [0, 0.05) is 24.7 Å². The van der Waals surface area contributed by atoms with E-state index in [0.717, 1.165) is 43.5 Å². The first-order valence-electron chi connectivity index (χ1n) is 8.81. The van der Waals surface area contributed by atoms with E-state index < -0.39 is 0 Å². The number of benzene rings is 1. The highest BCUT2D eigenvalue weighted by molar-refractivity contribution is 5.91. The molecule has 0 unspecified atom stereocenters. The maximum absolute atomic E-state index is 12.1. The Hall–Kier alpha value is -1.50. The van der Waals surface area contributed by atoms with Crippen LogP contribution < -0.4 is 20.1 Å². The average Bonchev–Trinajstić information content (AvgIpc) is 3.07. The van der Waals surface area contributed by atoms with Crippen LogP contribution in [0.2, 0.25) is 0 Å². The molecule has 0 spiro atoms. The van der Waals surface area contributed by atoms with Crippen LogP contribution in [0.4, 0.5) is 5.69 Å². The summed E-state index contributed by atoms with van der Waals surface area (Å²) < 4.78 is 10.6. The van der Waals surface area contributed by atoms with E-state index in [9.17, 15) is 4.79 Å². The number of likely N-dealkylation sites (tertiary alicyclic amines) is 1. The molecule has 6 nitrogen and oxygen atoms in total. The summed E-state index contributed by atoms with van der Waals surface area (Å²) in [4.78, 5) is 14.5. The number of halogens is 1. The van der Waals surface area contributed by atoms with Crippen LogP contribution in [0, 0.1) is 5.92 Å². The summed E-state index contributed by atoms with van der Waals surface area (Å²) in [6.45, 7) is 4.38. The lowest BCUT2D eigenvalue weighted by molar-refractivity contribution is -0.116. The molecule has 1 aromatic carbocycles. The number of amides is 1. The minimum Gasteiger partial charge on any atom is -0.454 e. The zero-order chi connectivity index (χ0) is 16.8. The number of hydrogen-bond donors (Lipinski definition) is 2. The molecule has 0 aliphatic carbocycles. The molecule has 140 valence electrons. The lowest BCUT2D eigenvalue weighted by atomic mass is 9.93. The van der Waals surface area contributed by atoms with Gasteiger partial charge in [-0.1, -0.05) is 0 Å². The molecule has 2 N–H and O–H groups in total. The molecule has 2 aliphatic heterocycles. The SMILES string of the molecule is CNCCC1CCN(CCC(=O)Nc2ccc3c(c2)OCO3)CC1.Cl. The molecule has 1 saturated heterocycles. The number of hydrogen-bond acceptors (Lipinski definition) is 5. The Kier molecular flexibility index (Phi) is 7.81. The molecule has 0 aromatic heterocycles. The molecular formula is C18H28ClN3O3. The Morgan fingerprint density at radius 3 is 2.76 bits per heavy atom. The van der Waals surface area contributed by atoms with Crippen molar-refractivity contribution in [3.63, 3.8) is 0 Å². The topological polar surface area (TPSA) is 62.8 Å². The first-order valence-corrected chi connectivity index (χ1v) is 8.81. The number of carbonyl (C=O) groups is 1. The summed E-state index contributed by atoms with van der Waals surface area (Å²) in [5, 5.41) is 6.16. The molecule has 3 rings (SSSR count). The van der Waals surface area contributed by atoms with Crippen LogP contribution in [0.5, 0.6) is 11.5 Å². The third-order valence-corrected chi connectivity index (χ3v) is 4.82. The van der Waals surface area contributed by atoms with Crippen molar-refractivity contribution in [1.82, 2.24) is 10.2 Å². The fraction of sp³-hybridized carbons (Fsp3) is 0.611. The normalized spacial score (nSPS) is 17.2. The summed E-state index contributed by atoms with van der Waals surface area (Å²) in [7, 11) is 2.01. The predicted molar refractivity (Wildman–Crippen MR) is 101 cm³/mol. The van der Waals surface area contributed by atoms with Crippen molar-refractivity contribution in [3.05, 3.63) is 18.2 Å². The molecule has 1 fully saturated rings.